The molecule has 0 atom stereocenters. The molecular weight excluding hydrogens is 260 g/mol. The fraction of sp³-hybridized carbons (Fsp3) is 0.286. The van der Waals surface area contributed by atoms with Crippen molar-refractivity contribution in [2.75, 3.05) is 11.4 Å². The van der Waals surface area contributed by atoms with E-state index in [1.54, 1.807) is 6.20 Å². The van der Waals surface area contributed by atoms with Crippen LogP contribution in [0.5, 0.6) is 0 Å². The van der Waals surface area contributed by atoms with Gasteiger partial charge in [0.25, 0.3) is 0 Å². The molecule has 1 aliphatic heterocycles. The van der Waals surface area contributed by atoms with Crippen molar-refractivity contribution in [2.45, 2.75) is 19.4 Å². The summed E-state index contributed by atoms with van der Waals surface area (Å²) in [5.41, 5.74) is 3.36. The zero-order valence-electron chi connectivity index (χ0n) is 10.4. The highest BCUT2D eigenvalue weighted by molar-refractivity contribution is 7.08. The SMILES string of the molecule is O=C(O)c1sncc1CN1CCCc2ccccc21. The van der Waals surface area contributed by atoms with Crippen LogP contribution in [0.4, 0.5) is 5.69 Å². The molecule has 1 aromatic heterocycles. The van der Waals surface area contributed by atoms with Crippen LogP contribution in [-0.2, 0) is 13.0 Å². The number of nitrogens with zero attached hydrogens (tertiary/aromatic N) is 2. The van der Waals surface area contributed by atoms with Crippen LogP contribution in [-0.4, -0.2) is 22.0 Å². The highest BCUT2D eigenvalue weighted by Crippen LogP contribution is 2.29. The molecule has 2 aromatic rings. The maximum Gasteiger partial charge on any atom is 0.347 e. The molecule has 0 unspecified atom stereocenters. The number of para-hydroxylation sites is 1. The molecule has 4 nitrogen and oxygen atoms in total. The largest absolute Gasteiger partial charge is 0.477 e. The Balaban J connectivity index is 1.89. The van der Waals surface area contributed by atoms with Gasteiger partial charge in [0.1, 0.15) is 4.88 Å². The number of fused-ring (bicyclic) bond motifs is 1. The minimum atomic E-state index is -0.886. The second-order valence-corrected chi connectivity index (χ2v) is 5.44. The maximum atomic E-state index is 11.1. The molecule has 0 bridgehead atoms. The molecule has 98 valence electrons. The summed E-state index contributed by atoms with van der Waals surface area (Å²) >= 11 is 1.05. The Bertz CT molecular complexity index is 609. The molecule has 0 radical (unpaired) electrons. The van der Waals surface area contributed by atoms with Crippen molar-refractivity contribution < 1.29 is 9.90 Å². The Morgan fingerprint density at radius 1 is 1.42 bits per heavy atom. The Labute approximate surface area is 115 Å². The van der Waals surface area contributed by atoms with Crippen LogP contribution in [0.3, 0.4) is 0 Å². The first-order chi connectivity index (χ1) is 9.25. The predicted molar refractivity (Wildman–Crippen MR) is 74.9 cm³/mol. The number of carbonyl (C=O) groups is 1. The van der Waals surface area contributed by atoms with Gasteiger partial charge in [0.15, 0.2) is 0 Å². The lowest BCUT2D eigenvalue weighted by Crippen LogP contribution is -2.29. The third-order valence-electron chi connectivity index (χ3n) is 3.41. The number of rotatable bonds is 3. The Hall–Kier alpha value is -1.88. The van der Waals surface area contributed by atoms with Crippen LogP contribution in [0.1, 0.15) is 27.2 Å². The van der Waals surface area contributed by atoms with E-state index in [0.29, 0.717) is 11.4 Å². The minimum Gasteiger partial charge on any atom is -0.477 e. The Kier molecular flexibility index (Phi) is 3.21. The molecule has 1 N–H and O–H groups in total. The quantitative estimate of drug-likeness (QED) is 0.935. The van der Waals surface area contributed by atoms with Crippen LogP contribution < -0.4 is 4.90 Å². The number of hydrogen-bond donors (Lipinski definition) is 1. The standard InChI is InChI=1S/C14H14N2O2S/c17-14(18)13-11(8-15-19-13)9-16-7-3-5-10-4-1-2-6-12(10)16/h1-2,4,6,8H,3,5,7,9H2,(H,17,18). The molecule has 19 heavy (non-hydrogen) atoms. The van der Waals surface area contributed by atoms with Crippen molar-refractivity contribution in [2.24, 2.45) is 0 Å². The van der Waals surface area contributed by atoms with E-state index < -0.39 is 5.97 Å². The molecule has 0 spiro atoms. The highest BCUT2D eigenvalue weighted by atomic mass is 32.1. The summed E-state index contributed by atoms with van der Waals surface area (Å²) < 4.78 is 4.00. The zero-order valence-corrected chi connectivity index (χ0v) is 11.2. The van der Waals surface area contributed by atoms with Crippen molar-refractivity contribution >= 4 is 23.2 Å². The molecule has 2 heterocycles. The average Bonchev–Trinajstić information content (AvgIpc) is 2.87. The van der Waals surface area contributed by atoms with Crippen molar-refractivity contribution in [3.63, 3.8) is 0 Å². The summed E-state index contributed by atoms with van der Waals surface area (Å²) in [5.74, 6) is -0.886. The topological polar surface area (TPSA) is 53.4 Å². The first-order valence-electron chi connectivity index (χ1n) is 6.25. The van der Waals surface area contributed by atoms with Crippen molar-refractivity contribution in [1.82, 2.24) is 4.37 Å². The fourth-order valence-corrected chi connectivity index (χ4v) is 3.13. The Morgan fingerprint density at radius 2 is 2.26 bits per heavy atom. The van der Waals surface area contributed by atoms with Gasteiger partial charge in [-0.25, -0.2) is 4.79 Å². The van der Waals surface area contributed by atoms with Gasteiger partial charge in [-0.1, -0.05) is 18.2 Å². The lowest BCUT2D eigenvalue weighted by Gasteiger charge is -2.31. The molecule has 0 aliphatic carbocycles. The third kappa shape index (κ3) is 2.33. The summed E-state index contributed by atoms with van der Waals surface area (Å²) in [7, 11) is 0. The van der Waals surface area contributed by atoms with Gasteiger partial charge in [-0.05, 0) is 36.0 Å². The monoisotopic (exact) mass is 274 g/mol. The Morgan fingerprint density at radius 3 is 3.11 bits per heavy atom. The highest BCUT2D eigenvalue weighted by Gasteiger charge is 2.20. The number of benzene rings is 1. The van der Waals surface area contributed by atoms with E-state index in [1.807, 2.05) is 6.07 Å². The van der Waals surface area contributed by atoms with Crippen molar-refractivity contribution in [3.05, 3.63) is 46.5 Å². The first kappa shape index (κ1) is 12.2. The summed E-state index contributed by atoms with van der Waals surface area (Å²) in [6.07, 6.45) is 3.88. The molecule has 3 rings (SSSR count). The number of carboxylic acids is 1. The number of aromatic carboxylic acids is 1. The average molecular weight is 274 g/mol. The van der Waals surface area contributed by atoms with Gasteiger partial charge in [-0.15, -0.1) is 0 Å². The molecule has 5 heteroatoms. The minimum absolute atomic E-state index is 0.350. The van der Waals surface area contributed by atoms with E-state index >= 15 is 0 Å². The first-order valence-corrected chi connectivity index (χ1v) is 7.03. The number of carboxylic acid groups (broad SMARTS) is 1. The van der Waals surface area contributed by atoms with Crippen molar-refractivity contribution in [1.29, 1.82) is 0 Å². The van der Waals surface area contributed by atoms with Gasteiger partial charge in [-0.2, -0.15) is 4.37 Å². The van der Waals surface area contributed by atoms with Gasteiger partial charge in [-0.3, -0.25) is 0 Å². The van der Waals surface area contributed by atoms with Gasteiger partial charge < -0.3 is 10.0 Å². The number of aryl methyl sites for hydroxylation is 1. The van der Waals surface area contributed by atoms with E-state index in [4.69, 9.17) is 5.11 Å². The lowest BCUT2D eigenvalue weighted by molar-refractivity contribution is 0.0701. The van der Waals surface area contributed by atoms with Crippen LogP contribution in [0, 0.1) is 0 Å². The van der Waals surface area contributed by atoms with Crippen LogP contribution in [0.15, 0.2) is 30.5 Å². The van der Waals surface area contributed by atoms with Crippen LogP contribution >= 0.6 is 11.5 Å². The van der Waals surface area contributed by atoms with E-state index in [1.165, 1.54) is 11.3 Å². The van der Waals surface area contributed by atoms with Crippen LogP contribution in [0.25, 0.3) is 0 Å². The molecule has 1 aliphatic rings. The number of aromatic nitrogens is 1. The van der Waals surface area contributed by atoms with E-state index in [0.717, 1.165) is 36.5 Å². The number of hydrogen-bond acceptors (Lipinski definition) is 4. The summed E-state index contributed by atoms with van der Waals surface area (Å²) in [6, 6.07) is 8.33. The molecule has 0 saturated heterocycles. The molecular formula is C14H14N2O2S. The summed E-state index contributed by atoms with van der Waals surface area (Å²) in [4.78, 5) is 13.7. The number of anilines is 1. The van der Waals surface area contributed by atoms with Crippen LogP contribution in [0.2, 0.25) is 0 Å². The summed E-state index contributed by atoms with van der Waals surface area (Å²) in [6.45, 7) is 1.58. The fourth-order valence-electron chi connectivity index (χ4n) is 2.53. The molecule has 0 amide bonds. The predicted octanol–water partition coefficient (Wildman–Crippen LogP) is 2.79. The third-order valence-corrected chi connectivity index (χ3v) is 4.24. The second-order valence-electron chi connectivity index (χ2n) is 4.64. The van der Waals surface area contributed by atoms with E-state index in [2.05, 4.69) is 27.5 Å². The molecule has 0 saturated carbocycles. The summed E-state index contributed by atoms with van der Waals surface area (Å²) in [5, 5.41) is 9.13. The second kappa shape index (κ2) is 5.01. The zero-order chi connectivity index (χ0) is 13.2. The molecule has 1 aromatic carbocycles. The van der Waals surface area contributed by atoms with E-state index in [-0.39, 0.29) is 0 Å². The smallest absolute Gasteiger partial charge is 0.347 e. The van der Waals surface area contributed by atoms with Gasteiger partial charge >= 0.3 is 5.97 Å². The maximum absolute atomic E-state index is 11.1. The lowest BCUT2D eigenvalue weighted by atomic mass is 10.0. The van der Waals surface area contributed by atoms with Gasteiger partial charge in [0.2, 0.25) is 0 Å². The van der Waals surface area contributed by atoms with Crippen molar-refractivity contribution in [3.8, 4) is 0 Å². The van der Waals surface area contributed by atoms with E-state index in [9.17, 15) is 4.79 Å². The van der Waals surface area contributed by atoms with Gasteiger partial charge in [0, 0.05) is 30.5 Å². The normalized spacial score (nSPS) is 14.2. The molecule has 0 fully saturated rings. The van der Waals surface area contributed by atoms with Gasteiger partial charge in [0.05, 0.1) is 0 Å².